The minimum atomic E-state index is 0.585. The Hall–Kier alpha value is -7.95. The summed E-state index contributed by atoms with van der Waals surface area (Å²) >= 11 is 0. The second-order valence-electron chi connectivity index (χ2n) is 14.8. The van der Waals surface area contributed by atoms with Gasteiger partial charge in [0.2, 0.25) is 0 Å². The van der Waals surface area contributed by atoms with Gasteiger partial charge in [0.25, 0.3) is 0 Å². The maximum Gasteiger partial charge on any atom is 0.164 e. The number of hydrogen-bond acceptors (Lipinski definition) is 4. The van der Waals surface area contributed by atoms with Gasteiger partial charge in [-0.15, -0.1) is 0 Å². The van der Waals surface area contributed by atoms with E-state index in [9.17, 15) is 0 Å². The average molecular weight is 754 g/mol. The van der Waals surface area contributed by atoms with Gasteiger partial charge in [0.1, 0.15) is 11.2 Å². The van der Waals surface area contributed by atoms with E-state index in [2.05, 4.69) is 170 Å². The van der Waals surface area contributed by atoms with Crippen LogP contribution in [0.5, 0.6) is 0 Å². The van der Waals surface area contributed by atoms with Crippen molar-refractivity contribution in [2.24, 2.45) is 0 Å². The molecule has 276 valence electrons. The van der Waals surface area contributed by atoms with E-state index in [4.69, 9.17) is 19.4 Å². The molecule has 4 nitrogen and oxygen atoms in total. The van der Waals surface area contributed by atoms with Crippen molar-refractivity contribution in [3.05, 3.63) is 212 Å². The van der Waals surface area contributed by atoms with Crippen LogP contribution in [-0.4, -0.2) is 15.0 Å². The van der Waals surface area contributed by atoms with E-state index < -0.39 is 0 Å². The van der Waals surface area contributed by atoms with Crippen LogP contribution in [-0.2, 0) is 0 Å². The fraction of sp³-hybridized carbons (Fsp3) is 0. The lowest BCUT2D eigenvalue weighted by Gasteiger charge is -2.11. The van der Waals surface area contributed by atoms with E-state index in [-0.39, 0.29) is 0 Å². The molecule has 11 rings (SSSR count). The largest absolute Gasteiger partial charge is 0.456 e. The summed E-state index contributed by atoms with van der Waals surface area (Å²) in [5, 5.41) is 4.33. The van der Waals surface area contributed by atoms with Crippen molar-refractivity contribution in [2.75, 3.05) is 0 Å². The van der Waals surface area contributed by atoms with Gasteiger partial charge in [0, 0.05) is 27.5 Å². The molecule has 0 saturated heterocycles. The lowest BCUT2D eigenvalue weighted by atomic mass is 9.95. The van der Waals surface area contributed by atoms with Crippen LogP contribution in [0.3, 0.4) is 0 Å². The molecule has 11 aromatic rings. The number of furan rings is 1. The predicted molar refractivity (Wildman–Crippen MR) is 243 cm³/mol. The van der Waals surface area contributed by atoms with Gasteiger partial charge < -0.3 is 4.42 Å². The van der Waals surface area contributed by atoms with Crippen LogP contribution in [0.1, 0.15) is 0 Å². The zero-order valence-corrected chi connectivity index (χ0v) is 32.0. The first kappa shape index (κ1) is 34.3. The number of fused-ring (bicyclic) bond motifs is 4. The van der Waals surface area contributed by atoms with E-state index >= 15 is 0 Å². The van der Waals surface area contributed by atoms with Crippen molar-refractivity contribution in [3.63, 3.8) is 0 Å². The lowest BCUT2D eigenvalue weighted by molar-refractivity contribution is 0.669. The summed E-state index contributed by atoms with van der Waals surface area (Å²) < 4.78 is 6.59. The van der Waals surface area contributed by atoms with Crippen LogP contribution >= 0.6 is 0 Å². The molecule has 2 aromatic heterocycles. The summed E-state index contributed by atoms with van der Waals surface area (Å²) in [5.41, 5.74) is 13.7. The average Bonchev–Trinajstić information content (AvgIpc) is 3.70. The molecule has 0 saturated carbocycles. The molecule has 2 heterocycles. The highest BCUT2D eigenvalue weighted by atomic mass is 16.3. The number of aromatic nitrogens is 3. The molecule has 0 atom stereocenters. The molecular formula is C55H35N3O. The second kappa shape index (κ2) is 14.5. The third-order valence-corrected chi connectivity index (χ3v) is 11.2. The minimum absolute atomic E-state index is 0.585. The maximum atomic E-state index is 6.59. The number of benzene rings is 9. The summed E-state index contributed by atoms with van der Waals surface area (Å²) in [4.78, 5) is 15.3. The fourth-order valence-corrected chi connectivity index (χ4v) is 8.19. The first-order valence-electron chi connectivity index (χ1n) is 19.8. The van der Waals surface area contributed by atoms with Crippen molar-refractivity contribution >= 4 is 32.7 Å². The van der Waals surface area contributed by atoms with Gasteiger partial charge in [-0.05, 0) is 85.6 Å². The Morgan fingerprint density at radius 1 is 0.271 bits per heavy atom. The summed E-state index contributed by atoms with van der Waals surface area (Å²) in [7, 11) is 0. The summed E-state index contributed by atoms with van der Waals surface area (Å²) in [6.45, 7) is 0. The topological polar surface area (TPSA) is 51.8 Å². The van der Waals surface area contributed by atoms with Crippen molar-refractivity contribution in [1.82, 2.24) is 15.0 Å². The monoisotopic (exact) mass is 753 g/mol. The molecule has 4 heteroatoms. The van der Waals surface area contributed by atoms with E-state index in [1.165, 1.54) is 33.4 Å². The Kier molecular flexibility index (Phi) is 8.45. The molecule has 0 aliphatic heterocycles. The van der Waals surface area contributed by atoms with E-state index in [1.807, 2.05) is 42.5 Å². The molecule has 0 N–H and O–H groups in total. The first-order valence-corrected chi connectivity index (χ1v) is 19.8. The van der Waals surface area contributed by atoms with Crippen molar-refractivity contribution in [1.29, 1.82) is 0 Å². The zero-order valence-electron chi connectivity index (χ0n) is 32.0. The molecule has 0 spiro atoms. The highest BCUT2D eigenvalue weighted by molar-refractivity contribution is 6.13. The molecular weight excluding hydrogens is 719 g/mol. The highest BCUT2D eigenvalue weighted by Gasteiger charge is 2.18. The zero-order chi connectivity index (χ0) is 39.1. The Labute approximate surface area is 341 Å². The van der Waals surface area contributed by atoms with Crippen LogP contribution in [0.25, 0.3) is 111 Å². The summed E-state index contributed by atoms with van der Waals surface area (Å²) in [6.07, 6.45) is 0. The van der Waals surface area contributed by atoms with Crippen molar-refractivity contribution in [3.8, 4) is 78.7 Å². The van der Waals surface area contributed by atoms with Gasteiger partial charge in [0.15, 0.2) is 17.5 Å². The maximum absolute atomic E-state index is 6.59. The van der Waals surface area contributed by atoms with Crippen LogP contribution in [0, 0.1) is 0 Å². The summed E-state index contributed by atoms with van der Waals surface area (Å²) in [6, 6.07) is 74.1. The Morgan fingerprint density at radius 3 is 1.47 bits per heavy atom. The van der Waals surface area contributed by atoms with Gasteiger partial charge in [0.05, 0.1) is 0 Å². The SMILES string of the molecule is c1ccc(-c2cccc(-c3ccc(-c4cccc5oc6cc(-c7nc(-c8ccccc8)nc(-c8cccc9cc(-c%10ccccc%10)ccc89)n7)ccc6c45)cc3)c2)cc1. The summed E-state index contributed by atoms with van der Waals surface area (Å²) in [5.74, 6) is 1.82. The fourth-order valence-electron chi connectivity index (χ4n) is 8.19. The standard InChI is InChI=1S/C55H35N3O/c1-4-13-36(14-5-1)41-19-10-20-42(33-41)38-25-27-39(28-26-38)47-22-12-24-50-52(47)49-32-30-45(35-51(49)59-50)54-56-53(40-17-8-3-9-18-40)57-55(58-54)48-23-11-21-44-34-43(29-31-46(44)48)37-15-6-2-7-16-37/h1-35H. The highest BCUT2D eigenvalue weighted by Crippen LogP contribution is 2.39. The molecule has 0 amide bonds. The molecule has 0 aliphatic carbocycles. The molecule has 0 fully saturated rings. The van der Waals surface area contributed by atoms with Crippen molar-refractivity contribution in [2.45, 2.75) is 0 Å². The predicted octanol–water partition coefficient (Wildman–Crippen LogP) is 14.6. The van der Waals surface area contributed by atoms with Gasteiger partial charge in [-0.1, -0.05) is 182 Å². The molecule has 0 bridgehead atoms. The van der Waals surface area contributed by atoms with Crippen LogP contribution in [0.4, 0.5) is 0 Å². The van der Waals surface area contributed by atoms with Crippen LogP contribution in [0.15, 0.2) is 217 Å². The Morgan fingerprint density at radius 2 is 0.763 bits per heavy atom. The van der Waals surface area contributed by atoms with Crippen LogP contribution < -0.4 is 0 Å². The number of hydrogen-bond donors (Lipinski definition) is 0. The quantitative estimate of drug-likeness (QED) is 0.163. The first-order chi connectivity index (χ1) is 29.2. The van der Waals surface area contributed by atoms with E-state index in [0.29, 0.717) is 17.5 Å². The third-order valence-electron chi connectivity index (χ3n) is 11.2. The smallest absolute Gasteiger partial charge is 0.164 e. The molecule has 59 heavy (non-hydrogen) atoms. The van der Waals surface area contributed by atoms with Crippen molar-refractivity contribution < 1.29 is 4.42 Å². The molecule has 0 aliphatic rings. The minimum Gasteiger partial charge on any atom is -0.456 e. The van der Waals surface area contributed by atoms with Gasteiger partial charge in [-0.2, -0.15) is 0 Å². The second-order valence-corrected chi connectivity index (χ2v) is 14.8. The van der Waals surface area contributed by atoms with E-state index in [1.54, 1.807) is 0 Å². The number of rotatable bonds is 7. The Bertz CT molecular complexity index is 3300. The van der Waals surface area contributed by atoms with Gasteiger partial charge >= 0.3 is 0 Å². The Balaban J connectivity index is 0.980. The van der Waals surface area contributed by atoms with Crippen LogP contribution in [0.2, 0.25) is 0 Å². The molecule has 0 unspecified atom stereocenters. The van der Waals surface area contributed by atoms with E-state index in [0.717, 1.165) is 60.5 Å². The lowest BCUT2D eigenvalue weighted by Crippen LogP contribution is -2.00. The molecule has 9 aromatic carbocycles. The molecule has 0 radical (unpaired) electrons. The van der Waals surface area contributed by atoms with Gasteiger partial charge in [-0.25, -0.2) is 15.0 Å². The van der Waals surface area contributed by atoms with Gasteiger partial charge in [-0.3, -0.25) is 0 Å². The number of nitrogens with zero attached hydrogens (tertiary/aromatic N) is 3. The normalized spacial score (nSPS) is 11.4. The third kappa shape index (κ3) is 6.43.